The summed E-state index contributed by atoms with van der Waals surface area (Å²) in [6.45, 7) is 0.305. The molecule has 104 valence electrons. The van der Waals surface area contributed by atoms with Crippen molar-refractivity contribution in [3.8, 4) is 5.75 Å². The second-order valence-corrected chi connectivity index (χ2v) is 4.15. The first-order valence-electron chi connectivity index (χ1n) is 5.92. The van der Waals surface area contributed by atoms with E-state index in [4.69, 9.17) is 4.74 Å². The highest BCUT2D eigenvalue weighted by Gasteiger charge is 2.05. The first-order chi connectivity index (χ1) is 9.02. The lowest BCUT2D eigenvalue weighted by molar-refractivity contribution is -0.128. The molecule has 0 unspecified atom stereocenters. The topological polar surface area (TPSA) is 70.7 Å². The molecule has 0 saturated carbocycles. The van der Waals surface area contributed by atoms with Gasteiger partial charge in [0.25, 0.3) is 0 Å². The zero-order valence-electron chi connectivity index (χ0n) is 11.4. The quantitative estimate of drug-likeness (QED) is 0.843. The average molecular weight is 265 g/mol. The number of hydrogen-bond donors (Lipinski definition) is 2. The monoisotopic (exact) mass is 265 g/mol. The van der Waals surface area contributed by atoms with Gasteiger partial charge in [-0.3, -0.25) is 4.79 Å². The minimum atomic E-state index is -0.336. The molecule has 1 rings (SSSR count). The molecule has 0 fully saturated rings. The van der Waals surface area contributed by atoms with Gasteiger partial charge in [0.15, 0.2) is 0 Å². The van der Waals surface area contributed by atoms with Crippen molar-refractivity contribution in [3.05, 3.63) is 24.3 Å². The zero-order valence-corrected chi connectivity index (χ0v) is 11.4. The molecule has 3 amide bonds. The van der Waals surface area contributed by atoms with Gasteiger partial charge < -0.3 is 20.3 Å². The number of carbonyl (C=O) groups is 2. The Labute approximate surface area is 112 Å². The molecule has 1 aromatic carbocycles. The summed E-state index contributed by atoms with van der Waals surface area (Å²) in [4.78, 5) is 24.3. The highest BCUT2D eigenvalue weighted by atomic mass is 16.5. The van der Waals surface area contributed by atoms with E-state index < -0.39 is 0 Å². The van der Waals surface area contributed by atoms with Crippen molar-refractivity contribution in [2.75, 3.05) is 33.1 Å². The number of rotatable bonds is 5. The van der Waals surface area contributed by atoms with Crippen molar-refractivity contribution < 1.29 is 14.3 Å². The number of anilines is 1. The van der Waals surface area contributed by atoms with Gasteiger partial charge in [0.2, 0.25) is 5.91 Å². The van der Waals surface area contributed by atoms with Crippen molar-refractivity contribution in [1.82, 2.24) is 10.2 Å². The van der Waals surface area contributed by atoms with E-state index >= 15 is 0 Å². The van der Waals surface area contributed by atoms with Gasteiger partial charge >= 0.3 is 6.03 Å². The number of amides is 3. The standard InChI is InChI=1S/C13H19N3O3/c1-16(2)12(17)8-9-14-13(18)15-10-4-6-11(19-3)7-5-10/h4-7H,8-9H2,1-3H3,(H2,14,15,18). The third kappa shape index (κ3) is 5.29. The van der Waals surface area contributed by atoms with Gasteiger partial charge in [-0.05, 0) is 24.3 Å². The van der Waals surface area contributed by atoms with Crippen molar-refractivity contribution in [3.63, 3.8) is 0 Å². The smallest absolute Gasteiger partial charge is 0.319 e. The van der Waals surface area contributed by atoms with Crippen molar-refractivity contribution in [2.45, 2.75) is 6.42 Å². The van der Waals surface area contributed by atoms with E-state index in [1.807, 2.05) is 0 Å². The molecule has 0 saturated heterocycles. The maximum absolute atomic E-state index is 11.5. The van der Waals surface area contributed by atoms with Crippen LogP contribution in [0.2, 0.25) is 0 Å². The predicted molar refractivity (Wildman–Crippen MR) is 73.3 cm³/mol. The summed E-state index contributed by atoms with van der Waals surface area (Å²) in [6.07, 6.45) is 0.281. The Balaban J connectivity index is 2.32. The fraction of sp³-hybridized carbons (Fsp3) is 0.385. The molecule has 0 atom stereocenters. The number of methoxy groups -OCH3 is 1. The molecule has 0 aliphatic carbocycles. The number of nitrogens with one attached hydrogen (secondary N) is 2. The summed E-state index contributed by atoms with van der Waals surface area (Å²) in [5, 5.41) is 5.28. The van der Waals surface area contributed by atoms with Crippen LogP contribution in [0, 0.1) is 0 Å². The number of nitrogens with zero attached hydrogens (tertiary/aromatic N) is 1. The summed E-state index contributed by atoms with van der Waals surface area (Å²) in [7, 11) is 4.94. The molecule has 0 radical (unpaired) electrons. The predicted octanol–water partition coefficient (Wildman–Crippen LogP) is 1.29. The largest absolute Gasteiger partial charge is 0.497 e. The van der Waals surface area contributed by atoms with Crippen LogP contribution in [-0.2, 0) is 4.79 Å². The third-order valence-electron chi connectivity index (χ3n) is 2.47. The van der Waals surface area contributed by atoms with E-state index in [2.05, 4.69) is 10.6 Å². The van der Waals surface area contributed by atoms with E-state index in [9.17, 15) is 9.59 Å². The molecule has 6 heteroatoms. The normalized spacial score (nSPS) is 9.63. The molecule has 0 spiro atoms. The lowest BCUT2D eigenvalue weighted by Gasteiger charge is -2.11. The molecule has 0 heterocycles. The Kier molecular flexibility index (Phi) is 5.66. The van der Waals surface area contributed by atoms with Crippen LogP contribution in [0.1, 0.15) is 6.42 Å². The Morgan fingerprint density at radius 1 is 1.21 bits per heavy atom. The summed E-state index contributed by atoms with van der Waals surface area (Å²) < 4.78 is 5.02. The van der Waals surface area contributed by atoms with Crippen LogP contribution in [-0.4, -0.2) is 44.6 Å². The number of urea groups is 1. The van der Waals surface area contributed by atoms with Gasteiger partial charge in [-0.25, -0.2) is 4.79 Å². The lowest BCUT2D eigenvalue weighted by Crippen LogP contribution is -2.33. The van der Waals surface area contributed by atoms with Gasteiger partial charge in [-0.1, -0.05) is 0 Å². The molecule has 1 aromatic rings. The van der Waals surface area contributed by atoms with E-state index in [0.29, 0.717) is 12.2 Å². The van der Waals surface area contributed by atoms with Crippen LogP contribution in [0.15, 0.2) is 24.3 Å². The number of carbonyl (C=O) groups excluding carboxylic acids is 2. The Hall–Kier alpha value is -2.24. The minimum absolute atomic E-state index is 0.0234. The van der Waals surface area contributed by atoms with Gasteiger partial charge in [-0.2, -0.15) is 0 Å². The van der Waals surface area contributed by atoms with Gasteiger partial charge in [-0.15, -0.1) is 0 Å². The zero-order chi connectivity index (χ0) is 14.3. The molecular weight excluding hydrogens is 246 g/mol. The first kappa shape index (κ1) is 14.8. The first-order valence-corrected chi connectivity index (χ1v) is 5.92. The maximum atomic E-state index is 11.5. The van der Waals surface area contributed by atoms with Gasteiger partial charge in [0, 0.05) is 32.7 Å². The fourth-order valence-electron chi connectivity index (χ4n) is 1.36. The number of hydrogen-bond acceptors (Lipinski definition) is 3. The van der Waals surface area contributed by atoms with E-state index in [1.54, 1.807) is 45.5 Å². The molecule has 0 bridgehead atoms. The lowest BCUT2D eigenvalue weighted by atomic mass is 10.3. The molecular formula is C13H19N3O3. The van der Waals surface area contributed by atoms with Crippen molar-refractivity contribution in [2.24, 2.45) is 0 Å². The molecule has 2 N–H and O–H groups in total. The summed E-state index contributed by atoms with van der Waals surface area (Å²) in [5.74, 6) is 0.701. The van der Waals surface area contributed by atoms with Crippen molar-refractivity contribution in [1.29, 1.82) is 0 Å². The van der Waals surface area contributed by atoms with E-state index in [1.165, 1.54) is 4.90 Å². The van der Waals surface area contributed by atoms with Gasteiger partial charge in [0.05, 0.1) is 7.11 Å². The number of ether oxygens (including phenoxy) is 1. The average Bonchev–Trinajstić information content (AvgIpc) is 2.39. The fourth-order valence-corrected chi connectivity index (χ4v) is 1.36. The number of benzene rings is 1. The summed E-state index contributed by atoms with van der Waals surface area (Å²) in [6, 6.07) is 6.65. The minimum Gasteiger partial charge on any atom is -0.497 e. The van der Waals surface area contributed by atoms with Crippen LogP contribution < -0.4 is 15.4 Å². The Morgan fingerprint density at radius 3 is 2.37 bits per heavy atom. The van der Waals surface area contributed by atoms with E-state index in [0.717, 1.165) is 5.75 Å². The second-order valence-electron chi connectivity index (χ2n) is 4.15. The highest BCUT2D eigenvalue weighted by Crippen LogP contribution is 2.14. The van der Waals surface area contributed by atoms with Crippen LogP contribution >= 0.6 is 0 Å². The molecule has 6 nitrogen and oxygen atoms in total. The molecule has 19 heavy (non-hydrogen) atoms. The van der Waals surface area contributed by atoms with Crippen molar-refractivity contribution >= 4 is 17.6 Å². The SMILES string of the molecule is COc1ccc(NC(=O)NCCC(=O)N(C)C)cc1. The van der Waals surface area contributed by atoms with Crippen LogP contribution in [0.25, 0.3) is 0 Å². The Morgan fingerprint density at radius 2 is 1.84 bits per heavy atom. The highest BCUT2D eigenvalue weighted by molar-refractivity contribution is 5.89. The van der Waals surface area contributed by atoms with E-state index in [-0.39, 0.29) is 18.4 Å². The molecule has 0 aliphatic heterocycles. The Bertz CT molecular complexity index is 429. The molecule has 0 aromatic heterocycles. The van der Waals surface area contributed by atoms with Crippen LogP contribution in [0.5, 0.6) is 5.75 Å². The van der Waals surface area contributed by atoms with Gasteiger partial charge in [0.1, 0.15) is 5.75 Å². The molecule has 0 aliphatic rings. The second kappa shape index (κ2) is 7.25. The third-order valence-corrected chi connectivity index (χ3v) is 2.47. The summed E-state index contributed by atoms with van der Waals surface area (Å²) in [5.41, 5.74) is 0.664. The van der Waals surface area contributed by atoms with Crippen LogP contribution in [0.4, 0.5) is 10.5 Å². The maximum Gasteiger partial charge on any atom is 0.319 e. The summed E-state index contributed by atoms with van der Waals surface area (Å²) >= 11 is 0. The van der Waals surface area contributed by atoms with Crippen LogP contribution in [0.3, 0.4) is 0 Å².